The maximum atomic E-state index is 12.4. The molecule has 3 rings (SSSR count). The number of amides is 2. The molecule has 1 aromatic heterocycles. The van der Waals surface area contributed by atoms with Gasteiger partial charge in [-0.05, 0) is 36.4 Å². The Morgan fingerprint density at radius 2 is 1.82 bits per heavy atom. The third-order valence-electron chi connectivity index (χ3n) is 3.67. The Hall–Kier alpha value is -3.17. The maximum Gasteiger partial charge on any atom is 0.277 e. The standard InChI is InChI=1S/C18H14ClN3O5S/c1-28(25,26)13-4-2-3-11(9-13)17(23)21-15-6-5-12(10-14(15)19)20-18(24)16-7-8-27-22-16/h2-10H,1H3,(H,20,24)(H,21,23). The van der Waals surface area contributed by atoms with E-state index < -0.39 is 21.7 Å². The maximum absolute atomic E-state index is 12.4. The molecular formula is C18H14ClN3O5S. The number of rotatable bonds is 5. The lowest BCUT2D eigenvalue weighted by Gasteiger charge is -2.10. The van der Waals surface area contributed by atoms with E-state index in [1.54, 1.807) is 6.07 Å². The van der Waals surface area contributed by atoms with E-state index in [9.17, 15) is 18.0 Å². The SMILES string of the molecule is CS(=O)(=O)c1cccc(C(=O)Nc2ccc(NC(=O)c3ccon3)cc2Cl)c1. The molecule has 144 valence electrons. The van der Waals surface area contributed by atoms with Crippen molar-refractivity contribution >= 4 is 44.6 Å². The lowest BCUT2D eigenvalue weighted by molar-refractivity contribution is 0.101. The molecule has 0 aliphatic carbocycles. The van der Waals surface area contributed by atoms with Crippen LogP contribution in [0.1, 0.15) is 20.8 Å². The van der Waals surface area contributed by atoms with Crippen LogP contribution in [-0.4, -0.2) is 31.6 Å². The molecule has 0 saturated carbocycles. The van der Waals surface area contributed by atoms with Gasteiger partial charge in [-0.3, -0.25) is 9.59 Å². The minimum Gasteiger partial charge on any atom is -0.364 e. The number of nitrogens with one attached hydrogen (secondary N) is 2. The van der Waals surface area contributed by atoms with Crippen molar-refractivity contribution in [3.05, 3.63) is 71.1 Å². The summed E-state index contributed by atoms with van der Waals surface area (Å²) in [5.74, 6) is -0.994. The number of carbonyl (C=O) groups excluding carboxylic acids is 2. The van der Waals surface area contributed by atoms with Gasteiger partial charge in [-0.15, -0.1) is 0 Å². The molecule has 28 heavy (non-hydrogen) atoms. The fourth-order valence-electron chi connectivity index (χ4n) is 2.28. The van der Waals surface area contributed by atoms with Crippen LogP contribution in [0.25, 0.3) is 0 Å². The molecule has 0 unspecified atom stereocenters. The van der Waals surface area contributed by atoms with Crippen LogP contribution in [0.5, 0.6) is 0 Å². The molecule has 0 spiro atoms. The van der Waals surface area contributed by atoms with Crippen molar-refractivity contribution in [2.45, 2.75) is 4.90 Å². The number of benzene rings is 2. The smallest absolute Gasteiger partial charge is 0.277 e. The first-order valence-corrected chi connectivity index (χ1v) is 10.1. The zero-order valence-corrected chi connectivity index (χ0v) is 16.0. The molecule has 0 saturated heterocycles. The Morgan fingerprint density at radius 1 is 1.04 bits per heavy atom. The average Bonchev–Trinajstić information content (AvgIpc) is 3.18. The van der Waals surface area contributed by atoms with Gasteiger partial charge in [-0.25, -0.2) is 8.42 Å². The summed E-state index contributed by atoms with van der Waals surface area (Å²) in [5, 5.41) is 8.92. The monoisotopic (exact) mass is 419 g/mol. The Balaban J connectivity index is 1.74. The van der Waals surface area contributed by atoms with Gasteiger partial charge in [0.25, 0.3) is 11.8 Å². The van der Waals surface area contributed by atoms with Crippen LogP contribution in [0, 0.1) is 0 Å². The molecule has 8 nitrogen and oxygen atoms in total. The number of hydrogen-bond donors (Lipinski definition) is 2. The molecule has 1 heterocycles. The lowest BCUT2D eigenvalue weighted by Crippen LogP contribution is -2.14. The normalized spacial score (nSPS) is 11.1. The van der Waals surface area contributed by atoms with Gasteiger partial charge >= 0.3 is 0 Å². The molecule has 0 fully saturated rings. The number of nitrogens with zero attached hydrogens (tertiary/aromatic N) is 1. The van der Waals surface area contributed by atoms with Crippen molar-refractivity contribution in [3.63, 3.8) is 0 Å². The predicted octanol–water partition coefficient (Wildman–Crippen LogP) is 3.24. The number of halogens is 1. The van der Waals surface area contributed by atoms with E-state index >= 15 is 0 Å². The van der Waals surface area contributed by atoms with Gasteiger partial charge in [0, 0.05) is 23.6 Å². The zero-order chi connectivity index (χ0) is 20.3. The third kappa shape index (κ3) is 4.56. The summed E-state index contributed by atoms with van der Waals surface area (Å²) in [7, 11) is -3.43. The molecule has 0 radical (unpaired) electrons. The van der Waals surface area contributed by atoms with Gasteiger partial charge in [0.1, 0.15) is 6.26 Å². The van der Waals surface area contributed by atoms with E-state index in [4.69, 9.17) is 11.6 Å². The van der Waals surface area contributed by atoms with E-state index in [2.05, 4.69) is 20.3 Å². The molecule has 0 aliphatic heterocycles. The van der Waals surface area contributed by atoms with Crippen LogP contribution in [0.3, 0.4) is 0 Å². The second kappa shape index (κ2) is 7.83. The Kier molecular flexibility index (Phi) is 5.48. The molecule has 2 N–H and O–H groups in total. The van der Waals surface area contributed by atoms with Crippen molar-refractivity contribution in [2.24, 2.45) is 0 Å². The molecule has 2 aromatic carbocycles. The fourth-order valence-corrected chi connectivity index (χ4v) is 3.18. The first kappa shape index (κ1) is 19.6. The van der Waals surface area contributed by atoms with Gasteiger partial charge < -0.3 is 15.2 Å². The Morgan fingerprint density at radius 3 is 2.46 bits per heavy atom. The first-order chi connectivity index (χ1) is 13.2. The van der Waals surface area contributed by atoms with Crippen molar-refractivity contribution < 1.29 is 22.5 Å². The zero-order valence-electron chi connectivity index (χ0n) is 14.5. The first-order valence-electron chi connectivity index (χ1n) is 7.87. The minimum absolute atomic E-state index is 0.0390. The van der Waals surface area contributed by atoms with Crippen LogP contribution in [0.4, 0.5) is 11.4 Å². The second-order valence-corrected chi connectivity index (χ2v) is 8.21. The van der Waals surface area contributed by atoms with Crippen LogP contribution in [0.15, 0.2) is 64.2 Å². The predicted molar refractivity (Wildman–Crippen MR) is 103 cm³/mol. The number of carbonyl (C=O) groups is 2. The van der Waals surface area contributed by atoms with Crippen molar-refractivity contribution in [2.75, 3.05) is 16.9 Å². The quantitative estimate of drug-likeness (QED) is 0.655. The summed E-state index contributed by atoms with van der Waals surface area (Å²) < 4.78 is 27.9. The Bertz CT molecular complexity index is 1140. The van der Waals surface area contributed by atoms with E-state index in [-0.39, 0.29) is 21.2 Å². The highest BCUT2D eigenvalue weighted by molar-refractivity contribution is 7.90. The average molecular weight is 420 g/mol. The molecule has 0 atom stereocenters. The van der Waals surface area contributed by atoms with Gasteiger partial charge in [-0.2, -0.15) is 0 Å². The summed E-state index contributed by atoms with van der Waals surface area (Å²) in [6.07, 6.45) is 2.34. The van der Waals surface area contributed by atoms with Crippen molar-refractivity contribution in [1.82, 2.24) is 5.16 Å². The third-order valence-corrected chi connectivity index (χ3v) is 5.09. The topological polar surface area (TPSA) is 118 Å². The number of anilines is 2. The van der Waals surface area contributed by atoms with Crippen molar-refractivity contribution in [1.29, 1.82) is 0 Å². The summed E-state index contributed by atoms with van der Waals surface area (Å²) in [4.78, 5) is 24.4. The van der Waals surface area contributed by atoms with E-state index in [1.807, 2.05) is 0 Å². The van der Waals surface area contributed by atoms with E-state index in [0.29, 0.717) is 11.4 Å². The fraction of sp³-hybridized carbons (Fsp3) is 0.0556. The van der Waals surface area contributed by atoms with E-state index in [0.717, 1.165) is 6.26 Å². The van der Waals surface area contributed by atoms with E-state index in [1.165, 1.54) is 48.7 Å². The molecule has 2 amide bonds. The molecule has 10 heteroatoms. The summed E-state index contributed by atoms with van der Waals surface area (Å²) in [6, 6.07) is 11.6. The minimum atomic E-state index is -3.43. The van der Waals surface area contributed by atoms with Crippen LogP contribution in [0.2, 0.25) is 5.02 Å². The highest BCUT2D eigenvalue weighted by atomic mass is 35.5. The van der Waals surface area contributed by atoms with Crippen LogP contribution < -0.4 is 10.6 Å². The van der Waals surface area contributed by atoms with Gasteiger partial charge in [0.2, 0.25) is 0 Å². The molecule has 0 bridgehead atoms. The van der Waals surface area contributed by atoms with Gasteiger partial charge in [0.05, 0.1) is 15.6 Å². The lowest BCUT2D eigenvalue weighted by atomic mass is 10.2. The number of aromatic nitrogens is 1. The summed E-state index contributed by atoms with van der Waals surface area (Å²) in [6.45, 7) is 0. The summed E-state index contributed by atoms with van der Waals surface area (Å²) >= 11 is 6.18. The molecule has 0 aliphatic rings. The second-order valence-electron chi connectivity index (χ2n) is 5.79. The van der Waals surface area contributed by atoms with Crippen LogP contribution in [-0.2, 0) is 9.84 Å². The number of sulfone groups is 1. The van der Waals surface area contributed by atoms with Gasteiger partial charge in [0.15, 0.2) is 15.5 Å². The molecular weight excluding hydrogens is 406 g/mol. The Labute approximate surface area is 165 Å². The van der Waals surface area contributed by atoms with Crippen molar-refractivity contribution in [3.8, 4) is 0 Å². The van der Waals surface area contributed by atoms with Gasteiger partial charge in [-0.1, -0.05) is 22.8 Å². The largest absolute Gasteiger partial charge is 0.364 e. The number of hydrogen-bond acceptors (Lipinski definition) is 6. The van der Waals surface area contributed by atoms with Crippen LogP contribution >= 0.6 is 11.6 Å². The molecule has 3 aromatic rings. The summed E-state index contributed by atoms with van der Waals surface area (Å²) in [5.41, 5.74) is 0.979. The highest BCUT2D eigenvalue weighted by Crippen LogP contribution is 2.26. The highest BCUT2D eigenvalue weighted by Gasteiger charge is 2.14.